The summed E-state index contributed by atoms with van der Waals surface area (Å²) >= 11 is 0. The van der Waals surface area contributed by atoms with Gasteiger partial charge >= 0.3 is 6.16 Å². The first-order chi connectivity index (χ1) is 16.6. The molecule has 0 radical (unpaired) electrons. The van der Waals surface area contributed by atoms with Gasteiger partial charge in [0.1, 0.15) is 11.9 Å². The Morgan fingerprint density at radius 1 is 0.706 bits per heavy atom. The van der Waals surface area contributed by atoms with Crippen molar-refractivity contribution in [3.8, 4) is 5.75 Å². The Morgan fingerprint density at radius 3 is 1.74 bits per heavy atom. The number of hydrogen-bond donors (Lipinski definition) is 0. The molecule has 1 aromatic rings. The summed E-state index contributed by atoms with van der Waals surface area (Å²) in [4.78, 5) is 12.4. The molecule has 0 heterocycles. The van der Waals surface area contributed by atoms with Crippen molar-refractivity contribution in [1.29, 1.82) is 0 Å². The van der Waals surface area contributed by atoms with E-state index in [0.717, 1.165) is 36.5 Å². The predicted octanol–water partition coefficient (Wildman–Crippen LogP) is 9.44. The van der Waals surface area contributed by atoms with E-state index in [4.69, 9.17) is 9.47 Å². The van der Waals surface area contributed by atoms with Crippen molar-refractivity contribution in [3.05, 3.63) is 29.8 Å². The van der Waals surface area contributed by atoms with Gasteiger partial charge in [-0.25, -0.2) is 4.79 Å². The highest BCUT2D eigenvalue weighted by atomic mass is 16.7. The van der Waals surface area contributed by atoms with Gasteiger partial charge in [-0.2, -0.15) is 0 Å². The molecular formula is C31H48O3. The average Bonchev–Trinajstić information content (AvgIpc) is 2.86. The second-order valence-corrected chi connectivity index (χ2v) is 11.7. The minimum Gasteiger partial charge on any atom is -0.431 e. The zero-order chi connectivity index (χ0) is 23.8. The summed E-state index contributed by atoms with van der Waals surface area (Å²) in [5.41, 5.74) is 1.39. The molecule has 3 heteroatoms. The van der Waals surface area contributed by atoms with E-state index < -0.39 is 6.16 Å². The maximum absolute atomic E-state index is 12.4. The standard InChI is InChI=1S/C31H48O3/c1-3-5-23-7-11-25(12-8-23)27-15-19-29(20-16-27)33-31(32)34-30-21-17-28(18-22-30)26-13-9-24(6-4-2)10-14-26/h15-16,19-20,23-26,28,30H,3-14,17-18,21-22H2,1-2H3. The monoisotopic (exact) mass is 468 g/mol. The first kappa shape index (κ1) is 25.6. The van der Waals surface area contributed by atoms with E-state index in [1.165, 1.54) is 95.5 Å². The predicted molar refractivity (Wildman–Crippen MR) is 139 cm³/mol. The number of ether oxygens (including phenoxy) is 2. The molecule has 0 saturated heterocycles. The Kier molecular flexibility index (Phi) is 9.77. The molecule has 1 aromatic carbocycles. The van der Waals surface area contributed by atoms with Gasteiger partial charge in [-0.1, -0.05) is 64.5 Å². The van der Waals surface area contributed by atoms with Crippen molar-refractivity contribution in [2.45, 2.75) is 129 Å². The molecule has 0 aromatic heterocycles. The Hall–Kier alpha value is -1.51. The van der Waals surface area contributed by atoms with Crippen LogP contribution in [0.15, 0.2) is 24.3 Å². The van der Waals surface area contributed by atoms with E-state index >= 15 is 0 Å². The third-order valence-electron chi connectivity index (χ3n) is 9.33. The van der Waals surface area contributed by atoms with Crippen LogP contribution in [0.25, 0.3) is 0 Å². The van der Waals surface area contributed by atoms with Crippen molar-refractivity contribution in [2.24, 2.45) is 23.7 Å². The normalized spacial score (nSPS) is 32.2. The molecule has 0 unspecified atom stereocenters. The van der Waals surface area contributed by atoms with Crippen molar-refractivity contribution in [2.75, 3.05) is 0 Å². The van der Waals surface area contributed by atoms with Crippen LogP contribution < -0.4 is 4.74 Å². The average molecular weight is 469 g/mol. The first-order valence-electron chi connectivity index (χ1n) is 14.6. The molecule has 3 aliphatic rings. The lowest BCUT2D eigenvalue weighted by molar-refractivity contribution is 0.0238. The highest BCUT2D eigenvalue weighted by Gasteiger charge is 2.32. The topological polar surface area (TPSA) is 35.5 Å². The first-order valence-corrected chi connectivity index (χ1v) is 14.6. The lowest BCUT2D eigenvalue weighted by Gasteiger charge is -2.37. The molecule has 0 atom stereocenters. The number of rotatable bonds is 8. The van der Waals surface area contributed by atoms with Gasteiger partial charge in [-0.15, -0.1) is 0 Å². The summed E-state index contributed by atoms with van der Waals surface area (Å²) in [5.74, 6) is 4.90. The summed E-state index contributed by atoms with van der Waals surface area (Å²) < 4.78 is 11.2. The molecule has 0 aliphatic heterocycles. The number of hydrogen-bond acceptors (Lipinski definition) is 3. The maximum Gasteiger partial charge on any atom is 0.514 e. The molecule has 0 amide bonds. The lowest BCUT2D eigenvalue weighted by atomic mass is 9.70. The zero-order valence-electron chi connectivity index (χ0n) is 21.8. The van der Waals surface area contributed by atoms with Gasteiger partial charge in [0.25, 0.3) is 0 Å². The second kappa shape index (κ2) is 13.0. The maximum atomic E-state index is 12.4. The van der Waals surface area contributed by atoms with Crippen LogP contribution in [-0.4, -0.2) is 12.3 Å². The summed E-state index contributed by atoms with van der Waals surface area (Å²) in [6, 6.07) is 8.18. The van der Waals surface area contributed by atoms with Crippen LogP contribution in [0.2, 0.25) is 0 Å². The summed E-state index contributed by atoms with van der Waals surface area (Å²) in [7, 11) is 0. The molecule has 3 saturated carbocycles. The Morgan fingerprint density at radius 2 is 1.21 bits per heavy atom. The van der Waals surface area contributed by atoms with E-state index in [1.807, 2.05) is 12.1 Å². The molecule has 4 rings (SSSR count). The van der Waals surface area contributed by atoms with Crippen LogP contribution in [-0.2, 0) is 4.74 Å². The minimum absolute atomic E-state index is 0.0257. The molecule has 0 N–H and O–H groups in total. The van der Waals surface area contributed by atoms with E-state index in [0.29, 0.717) is 11.7 Å². The van der Waals surface area contributed by atoms with Crippen LogP contribution >= 0.6 is 0 Å². The molecule has 190 valence electrons. The molecule has 3 nitrogen and oxygen atoms in total. The van der Waals surface area contributed by atoms with Gasteiger partial charge in [-0.05, 0) is 111 Å². The van der Waals surface area contributed by atoms with Gasteiger partial charge in [0, 0.05) is 0 Å². The quantitative estimate of drug-likeness (QED) is 0.281. The van der Waals surface area contributed by atoms with E-state index in [2.05, 4.69) is 26.0 Å². The largest absolute Gasteiger partial charge is 0.514 e. The van der Waals surface area contributed by atoms with E-state index in [-0.39, 0.29) is 6.10 Å². The summed E-state index contributed by atoms with van der Waals surface area (Å²) in [6.07, 6.45) is 20.3. The van der Waals surface area contributed by atoms with Gasteiger partial charge in [0.2, 0.25) is 0 Å². The van der Waals surface area contributed by atoms with E-state index in [1.54, 1.807) is 0 Å². The Bertz CT molecular complexity index is 718. The van der Waals surface area contributed by atoms with Gasteiger partial charge in [0.15, 0.2) is 0 Å². The molecule has 0 bridgehead atoms. The number of carbonyl (C=O) groups is 1. The van der Waals surface area contributed by atoms with Gasteiger partial charge in [-0.3, -0.25) is 0 Å². The van der Waals surface area contributed by atoms with Crippen molar-refractivity contribution >= 4 is 6.16 Å². The SMILES string of the molecule is CCCC1CCC(c2ccc(OC(=O)OC3CCC(C4CCC(CCC)CC4)CC3)cc2)CC1. The Balaban J connectivity index is 1.15. The smallest absolute Gasteiger partial charge is 0.431 e. The van der Waals surface area contributed by atoms with Gasteiger partial charge < -0.3 is 9.47 Å². The minimum atomic E-state index is -0.531. The summed E-state index contributed by atoms with van der Waals surface area (Å²) in [5, 5.41) is 0. The van der Waals surface area contributed by atoms with Crippen LogP contribution in [0.3, 0.4) is 0 Å². The molecular weight excluding hydrogens is 420 g/mol. The molecule has 3 aliphatic carbocycles. The second-order valence-electron chi connectivity index (χ2n) is 11.7. The molecule has 3 fully saturated rings. The third-order valence-corrected chi connectivity index (χ3v) is 9.33. The number of carbonyl (C=O) groups excluding carboxylic acids is 1. The van der Waals surface area contributed by atoms with Crippen LogP contribution in [0, 0.1) is 23.7 Å². The highest BCUT2D eigenvalue weighted by molar-refractivity contribution is 5.64. The zero-order valence-corrected chi connectivity index (χ0v) is 21.8. The molecule has 0 spiro atoms. The van der Waals surface area contributed by atoms with Crippen molar-refractivity contribution in [3.63, 3.8) is 0 Å². The van der Waals surface area contributed by atoms with Crippen molar-refractivity contribution in [1.82, 2.24) is 0 Å². The van der Waals surface area contributed by atoms with E-state index in [9.17, 15) is 4.79 Å². The lowest BCUT2D eigenvalue weighted by Crippen LogP contribution is -2.30. The molecule has 34 heavy (non-hydrogen) atoms. The third kappa shape index (κ3) is 7.25. The fourth-order valence-electron chi connectivity index (χ4n) is 7.29. The Labute approximate surface area is 208 Å². The van der Waals surface area contributed by atoms with Crippen LogP contribution in [0.4, 0.5) is 4.79 Å². The van der Waals surface area contributed by atoms with Crippen LogP contribution in [0.1, 0.15) is 128 Å². The fourth-order valence-corrected chi connectivity index (χ4v) is 7.29. The summed E-state index contributed by atoms with van der Waals surface area (Å²) in [6.45, 7) is 4.60. The van der Waals surface area contributed by atoms with Crippen LogP contribution in [0.5, 0.6) is 5.75 Å². The fraction of sp³-hybridized carbons (Fsp3) is 0.774. The van der Waals surface area contributed by atoms with Gasteiger partial charge in [0.05, 0.1) is 0 Å². The number of benzene rings is 1. The highest BCUT2D eigenvalue weighted by Crippen LogP contribution is 2.42. The van der Waals surface area contributed by atoms with Crippen molar-refractivity contribution < 1.29 is 14.3 Å².